The molecule has 0 fully saturated rings. The lowest BCUT2D eigenvalue weighted by molar-refractivity contribution is 0.199. The summed E-state index contributed by atoms with van der Waals surface area (Å²) in [6.45, 7) is 1.08. The van der Waals surface area contributed by atoms with Crippen LogP contribution in [-0.2, 0) is 14.8 Å². The van der Waals surface area contributed by atoms with Gasteiger partial charge in [0.15, 0.2) is 0 Å². The van der Waals surface area contributed by atoms with Gasteiger partial charge in [0.25, 0.3) is 0 Å². The van der Waals surface area contributed by atoms with E-state index in [0.29, 0.717) is 19.6 Å². The summed E-state index contributed by atoms with van der Waals surface area (Å²) in [5.41, 5.74) is 0. The molecule has 0 saturated heterocycles. The fraction of sp³-hybridized carbons (Fsp3) is 1.00. The van der Waals surface area contributed by atoms with Crippen molar-refractivity contribution in [3.05, 3.63) is 0 Å². The van der Waals surface area contributed by atoms with E-state index in [4.69, 9.17) is 9.84 Å². The molecular formula is C9H21NO4S. The van der Waals surface area contributed by atoms with Crippen LogP contribution in [0.25, 0.3) is 0 Å². The zero-order valence-electron chi connectivity index (χ0n) is 9.24. The predicted octanol–water partition coefficient (Wildman–Crippen LogP) is 0.105. The Labute approximate surface area is 91.9 Å². The second-order valence-corrected chi connectivity index (χ2v) is 5.27. The maximum Gasteiger partial charge on any atom is 0.211 e. The van der Waals surface area contributed by atoms with Gasteiger partial charge in [0.05, 0.1) is 5.75 Å². The molecule has 0 unspecified atom stereocenters. The number of methoxy groups -OCH3 is 1. The summed E-state index contributed by atoms with van der Waals surface area (Å²) in [4.78, 5) is 0. The molecule has 0 aromatic rings. The fourth-order valence-corrected chi connectivity index (χ4v) is 2.20. The van der Waals surface area contributed by atoms with Crippen LogP contribution in [0.2, 0.25) is 0 Å². The van der Waals surface area contributed by atoms with Gasteiger partial charge in [0.1, 0.15) is 0 Å². The Morgan fingerprint density at radius 2 is 1.93 bits per heavy atom. The van der Waals surface area contributed by atoms with Crippen LogP contribution in [0.15, 0.2) is 0 Å². The summed E-state index contributed by atoms with van der Waals surface area (Å²) in [7, 11) is -1.58. The summed E-state index contributed by atoms with van der Waals surface area (Å²) >= 11 is 0. The molecule has 2 N–H and O–H groups in total. The van der Waals surface area contributed by atoms with Crippen LogP contribution >= 0.6 is 0 Å². The van der Waals surface area contributed by atoms with E-state index in [1.165, 1.54) is 0 Å². The molecule has 0 amide bonds. The number of unbranched alkanes of at least 4 members (excludes halogenated alkanes) is 2. The van der Waals surface area contributed by atoms with Crippen LogP contribution < -0.4 is 4.72 Å². The highest BCUT2D eigenvalue weighted by atomic mass is 32.2. The van der Waals surface area contributed by atoms with Gasteiger partial charge >= 0.3 is 0 Å². The second kappa shape index (κ2) is 9.08. The Balaban J connectivity index is 3.47. The number of ether oxygens (including phenoxy) is 1. The van der Waals surface area contributed by atoms with E-state index >= 15 is 0 Å². The normalized spacial score (nSPS) is 11.9. The van der Waals surface area contributed by atoms with Crippen molar-refractivity contribution in [3.63, 3.8) is 0 Å². The second-order valence-electron chi connectivity index (χ2n) is 3.34. The molecule has 5 nitrogen and oxygen atoms in total. The Kier molecular flexibility index (Phi) is 8.98. The molecule has 0 aromatic heterocycles. The van der Waals surface area contributed by atoms with Crippen LogP contribution in [0.4, 0.5) is 0 Å². The minimum atomic E-state index is -3.13. The van der Waals surface area contributed by atoms with Crippen LogP contribution in [0.5, 0.6) is 0 Å². The third-order valence-corrected chi connectivity index (χ3v) is 3.39. The Bertz CT molecular complexity index is 228. The maximum atomic E-state index is 11.3. The lowest BCUT2D eigenvalue weighted by atomic mass is 10.2. The van der Waals surface area contributed by atoms with Gasteiger partial charge < -0.3 is 9.84 Å². The molecule has 15 heavy (non-hydrogen) atoms. The lowest BCUT2D eigenvalue weighted by Crippen LogP contribution is -2.27. The minimum absolute atomic E-state index is 0.112. The van der Waals surface area contributed by atoms with Crippen molar-refractivity contribution < 1.29 is 18.3 Å². The van der Waals surface area contributed by atoms with Crippen LogP contribution in [0, 0.1) is 0 Å². The molecule has 0 aliphatic carbocycles. The lowest BCUT2D eigenvalue weighted by Gasteiger charge is -2.05. The third-order valence-electron chi connectivity index (χ3n) is 1.92. The molecule has 0 spiro atoms. The first-order chi connectivity index (χ1) is 7.12. The fourth-order valence-electron chi connectivity index (χ4n) is 1.11. The Hall–Kier alpha value is -0.170. The van der Waals surface area contributed by atoms with Gasteiger partial charge in [-0.2, -0.15) is 0 Å². The van der Waals surface area contributed by atoms with Crippen molar-refractivity contribution in [2.45, 2.75) is 25.7 Å². The van der Waals surface area contributed by atoms with E-state index in [2.05, 4.69) is 4.72 Å². The van der Waals surface area contributed by atoms with Crippen molar-refractivity contribution in [2.75, 3.05) is 32.6 Å². The third kappa shape index (κ3) is 10.1. The monoisotopic (exact) mass is 239 g/mol. The number of aliphatic hydroxyl groups excluding tert-OH is 1. The molecule has 0 radical (unpaired) electrons. The molecule has 92 valence electrons. The minimum Gasteiger partial charge on any atom is -0.396 e. The van der Waals surface area contributed by atoms with Crippen LogP contribution in [-0.4, -0.2) is 46.1 Å². The zero-order valence-corrected chi connectivity index (χ0v) is 10.1. The van der Waals surface area contributed by atoms with Crippen molar-refractivity contribution in [1.29, 1.82) is 0 Å². The highest BCUT2D eigenvalue weighted by Crippen LogP contribution is 1.95. The molecule has 0 saturated carbocycles. The largest absolute Gasteiger partial charge is 0.396 e. The van der Waals surface area contributed by atoms with Gasteiger partial charge in [0, 0.05) is 26.9 Å². The van der Waals surface area contributed by atoms with Gasteiger partial charge in [-0.05, 0) is 25.7 Å². The van der Waals surface area contributed by atoms with Crippen molar-refractivity contribution in [2.24, 2.45) is 0 Å². The number of rotatable bonds is 10. The first-order valence-corrected chi connectivity index (χ1v) is 6.85. The van der Waals surface area contributed by atoms with Gasteiger partial charge in [-0.25, -0.2) is 13.1 Å². The average molecular weight is 239 g/mol. The zero-order chi connectivity index (χ0) is 11.6. The van der Waals surface area contributed by atoms with Crippen LogP contribution in [0.1, 0.15) is 25.7 Å². The summed E-state index contributed by atoms with van der Waals surface area (Å²) < 4.78 is 29.9. The number of aliphatic hydroxyl groups is 1. The Morgan fingerprint density at radius 1 is 1.20 bits per heavy atom. The first-order valence-electron chi connectivity index (χ1n) is 5.19. The predicted molar refractivity (Wildman–Crippen MR) is 59.2 cm³/mol. The van der Waals surface area contributed by atoms with Gasteiger partial charge in [0.2, 0.25) is 10.0 Å². The highest BCUT2D eigenvalue weighted by molar-refractivity contribution is 7.89. The first kappa shape index (κ1) is 14.8. The maximum absolute atomic E-state index is 11.3. The van der Waals surface area contributed by atoms with Crippen LogP contribution in [0.3, 0.4) is 0 Å². The van der Waals surface area contributed by atoms with E-state index in [1.54, 1.807) is 7.11 Å². The summed E-state index contributed by atoms with van der Waals surface area (Å²) in [5, 5.41) is 8.52. The van der Waals surface area contributed by atoms with Gasteiger partial charge in [-0.1, -0.05) is 0 Å². The Morgan fingerprint density at radius 3 is 2.53 bits per heavy atom. The number of nitrogens with one attached hydrogen (secondary N) is 1. The molecule has 0 aliphatic rings. The van der Waals surface area contributed by atoms with Gasteiger partial charge in [-0.3, -0.25) is 0 Å². The topological polar surface area (TPSA) is 75.6 Å². The standard InChI is InChI=1S/C9H21NO4S/c1-14-8-5-9-15(12,13)10-6-3-2-4-7-11/h10-11H,2-9H2,1H3. The van der Waals surface area contributed by atoms with Gasteiger partial charge in [-0.15, -0.1) is 0 Å². The number of sulfonamides is 1. The molecule has 6 heteroatoms. The average Bonchev–Trinajstić information content (AvgIpc) is 2.17. The van der Waals surface area contributed by atoms with E-state index in [1.807, 2.05) is 0 Å². The summed E-state index contributed by atoms with van der Waals surface area (Å²) in [5.74, 6) is 0.112. The molecule has 0 heterocycles. The SMILES string of the molecule is COCCCS(=O)(=O)NCCCCCO. The molecule has 0 atom stereocenters. The molecule has 0 bridgehead atoms. The molecule has 0 aliphatic heterocycles. The molecule has 0 aromatic carbocycles. The van der Waals surface area contributed by atoms with E-state index in [-0.39, 0.29) is 12.4 Å². The summed E-state index contributed by atoms with van der Waals surface area (Å²) in [6, 6.07) is 0. The molecule has 0 rings (SSSR count). The highest BCUT2D eigenvalue weighted by Gasteiger charge is 2.08. The van der Waals surface area contributed by atoms with E-state index < -0.39 is 10.0 Å². The number of hydrogen-bond acceptors (Lipinski definition) is 4. The van der Waals surface area contributed by atoms with Crippen molar-refractivity contribution >= 4 is 10.0 Å². The smallest absolute Gasteiger partial charge is 0.211 e. The summed E-state index contributed by atoms with van der Waals surface area (Å²) in [6.07, 6.45) is 2.86. The quantitative estimate of drug-likeness (QED) is 0.530. The number of hydrogen-bond donors (Lipinski definition) is 2. The van der Waals surface area contributed by atoms with E-state index in [9.17, 15) is 8.42 Å². The van der Waals surface area contributed by atoms with Crippen molar-refractivity contribution in [3.8, 4) is 0 Å². The molecular weight excluding hydrogens is 218 g/mol. The van der Waals surface area contributed by atoms with E-state index in [0.717, 1.165) is 19.3 Å². The van der Waals surface area contributed by atoms with Crippen molar-refractivity contribution in [1.82, 2.24) is 4.72 Å².